The molecule has 1 heterocycles. The molecule has 1 aliphatic rings. The van der Waals surface area contributed by atoms with Crippen molar-refractivity contribution in [1.82, 2.24) is 4.90 Å². The van der Waals surface area contributed by atoms with Crippen LogP contribution in [-0.4, -0.2) is 37.6 Å². The molecular formula is C21H24FNO3. The second-order valence-electron chi connectivity index (χ2n) is 6.60. The summed E-state index contributed by atoms with van der Waals surface area (Å²) in [7, 11) is 1.63. The molecule has 1 aliphatic heterocycles. The lowest BCUT2D eigenvalue weighted by Gasteiger charge is -2.34. The van der Waals surface area contributed by atoms with Gasteiger partial charge in [-0.25, -0.2) is 4.39 Å². The molecule has 2 atom stereocenters. The van der Waals surface area contributed by atoms with Crippen LogP contribution in [0.25, 0.3) is 0 Å². The number of ether oxygens (including phenoxy) is 2. The van der Waals surface area contributed by atoms with Crippen LogP contribution < -0.4 is 4.74 Å². The lowest BCUT2D eigenvalue weighted by Crippen LogP contribution is -2.42. The van der Waals surface area contributed by atoms with Crippen molar-refractivity contribution in [3.8, 4) is 5.75 Å². The van der Waals surface area contributed by atoms with Crippen molar-refractivity contribution in [1.29, 1.82) is 0 Å². The Balaban J connectivity index is 1.62. The zero-order valence-electron chi connectivity index (χ0n) is 15.2. The fourth-order valence-corrected chi connectivity index (χ4v) is 3.24. The molecule has 2 unspecified atom stereocenters. The van der Waals surface area contributed by atoms with E-state index in [2.05, 4.69) is 0 Å². The Kier molecular flexibility index (Phi) is 5.89. The Bertz CT molecular complexity index is 747. The van der Waals surface area contributed by atoms with Crippen LogP contribution in [-0.2, 0) is 9.53 Å². The predicted octanol–water partition coefficient (Wildman–Crippen LogP) is 3.93. The SMILES string of the molecule is COc1ccc(C(C)CC(=O)N2CCOC(c3ccccc3F)C2)cc1. The van der Waals surface area contributed by atoms with Crippen LogP contribution in [0.2, 0.25) is 0 Å². The number of carbonyl (C=O) groups is 1. The van der Waals surface area contributed by atoms with Crippen molar-refractivity contribution < 1.29 is 18.7 Å². The third kappa shape index (κ3) is 4.22. The van der Waals surface area contributed by atoms with E-state index in [4.69, 9.17) is 9.47 Å². The van der Waals surface area contributed by atoms with E-state index < -0.39 is 6.10 Å². The average Bonchev–Trinajstić information content (AvgIpc) is 2.68. The van der Waals surface area contributed by atoms with E-state index in [9.17, 15) is 9.18 Å². The summed E-state index contributed by atoms with van der Waals surface area (Å²) in [5, 5.41) is 0. The first-order chi connectivity index (χ1) is 12.6. The van der Waals surface area contributed by atoms with Crippen molar-refractivity contribution in [3.05, 3.63) is 65.5 Å². The number of halogens is 1. The monoisotopic (exact) mass is 357 g/mol. The van der Waals surface area contributed by atoms with E-state index >= 15 is 0 Å². The summed E-state index contributed by atoms with van der Waals surface area (Å²) in [5.41, 5.74) is 1.60. The number of methoxy groups -OCH3 is 1. The number of morpholine rings is 1. The molecule has 0 aliphatic carbocycles. The van der Waals surface area contributed by atoms with Crippen molar-refractivity contribution in [3.63, 3.8) is 0 Å². The van der Waals surface area contributed by atoms with Gasteiger partial charge in [0.05, 0.1) is 20.3 Å². The highest BCUT2D eigenvalue weighted by atomic mass is 19.1. The van der Waals surface area contributed by atoms with E-state index in [-0.39, 0.29) is 17.6 Å². The molecule has 0 saturated carbocycles. The Morgan fingerprint density at radius 1 is 1.27 bits per heavy atom. The topological polar surface area (TPSA) is 38.8 Å². The summed E-state index contributed by atoms with van der Waals surface area (Å²) >= 11 is 0. The first-order valence-corrected chi connectivity index (χ1v) is 8.86. The molecule has 2 aromatic rings. The van der Waals surface area contributed by atoms with E-state index in [1.165, 1.54) is 6.07 Å². The Morgan fingerprint density at radius 2 is 2.00 bits per heavy atom. The number of amides is 1. The van der Waals surface area contributed by atoms with Gasteiger partial charge in [-0.3, -0.25) is 4.79 Å². The third-order valence-corrected chi connectivity index (χ3v) is 4.84. The van der Waals surface area contributed by atoms with Crippen LogP contribution in [0.15, 0.2) is 48.5 Å². The molecule has 1 saturated heterocycles. The standard InChI is InChI=1S/C21H24FNO3/c1-15(16-7-9-17(25-2)10-8-16)13-21(24)23-11-12-26-20(14-23)18-5-3-4-6-19(18)22/h3-10,15,20H,11-14H2,1-2H3. The number of hydrogen-bond donors (Lipinski definition) is 0. The van der Waals surface area contributed by atoms with Crippen LogP contribution in [0.3, 0.4) is 0 Å². The van der Waals surface area contributed by atoms with E-state index in [0.717, 1.165) is 11.3 Å². The number of carbonyl (C=O) groups excluding carboxylic acids is 1. The minimum Gasteiger partial charge on any atom is -0.497 e. The highest BCUT2D eigenvalue weighted by Crippen LogP contribution is 2.27. The number of rotatable bonds is 5. The first kappa shape index (κ1) is 18.4. The minimum absolute atomic E-state index is 0.0676. The van der Waals surface area contributed by atoms with Crippen LogP contribution in [0.1, 0.15) is 36.5 Å². The molecule has 3 rings (SSSR count). The molecule has 0 bridgehead atoms. The third-order valence-electron chi connectivity index (χ3n) is 4.84. The van der Waals surface area contributed by atoms with Gasteiger partial charge in [-0.15, -0.1) is 0 Å². The summed E-state index contributed by atoms with van der Waals surface area (Å²) < 4.78 is 24.9. The van der Waals surface area contributed by atoms with E-state index in [1.807, 2.05) is 31.2 Å². The highest BCUT2D eigenvalue weighted by Gasteiger charge is 2.27. The molecule has 4 nitrogen and oxygen atoms in total. The van der Waals surface area contributed by atoms with Crippen molar-refractivity contribution in [2.24, 2.45) is 0 Å². The van der Waals surface area contributed by atoms with E-state index in [0.29, 0.717) is 31.7 Å². The van der Waals surface area contributed by atoms with Gasteiger partial charge in [-0.05, 0) is 29.7 Å². The zero-order chi connectivity index (χ0) is 18.5. The molecule has 0 radical (unpaired) electrons. The molecule has 26 heavy (non-hydrogen) atoms. The smallest absolute Gasteiger partial charge is 0.223 e. The Morgan fingerprint density at radius 3 is 2.69 bits per heavy atom. The van der Waals surface area contributed by atoms with Crippen molar-refractivity contribution in [2.45, 2.75) is 25.4 Å². The first-order valence-electron chi connectivity index (χ1n) is 8.86. The lowest BCUT2D eigenvalue weighted by molar-refractivity contribution is -0.139. The predicted molar refractivity (Wildman–Crippen MR) is 97.7 cm³/mol. The largest absolute Gasteiger partial charge is 0.497 e. The maximum atomic E-state index is 14.0. The van der Waals surface area contributed by atoms with Crippen LogP contribution in [0.4, 0.5) is 4.39 Å². The highest BCUT2D eigenvalue weighted by molar-refractivity contribution is 5.77. The number of hydrogen-bond acceptors (Lipinski definition) is 3. The summed E-state index contributed by atoms with van der Waals surface area (Å²) in [6, 6.07) is 14.4. The quantitative estimate of drug-likeness (QED) is 0.814. The Labute approximate surface area is 153 Å². The van der Waals surface area contributed by atoms with Gasteiger partial charge in [0, 0.05) is 18.5 Å². The summed E-state index contributed by atoms with van der Waals surface area (Å²) in [6.45, 7) is 3.38. The van der Waals surface area contributed by atoms with Gasteiger partial charge in [-0.2, -0.15) is 0 Å². The van der Waals surface area contributed by atoms with Crippen LogP contribution >= 0.6 is 0 Å². The number of benzene rings is 2. The normalized spacial score (nSPS) is 18.4. The van der Waals surface area contributed by atoms with Crippen molar-refractivity contribution in [2.75, 3.05) is 26.8 Å². The average molecular weight is 357 g/mol. The zero-order valence-corrected chi connectivity index (χ0v) is 15.2. The summed E-state index contributed by atoms with van der Waals surface area (Å²) in [4.78, 5) is 14.5. The fraction of sp³-hybridized carbons (Fsp3) is 0.381. The summed E-state index contributed by atoms with van der Waals surface area (Å²) in [6.07, 6.45) is 0.00116. The van der Waals surface area contributed by atoms with E-state index in [1.54, 1.807) is 30.2 Å². The second-order valence-corrected chi connectivity index (χ2v) is 6.60. The minimum atomic E-state index is -0.412. The maximum Gasteiger partial charge on any atom is 0.223 e. The van der Waals surface area contributed by atoms with Gasteiger partial charge in [-0.1, -0.05) is 37.3 Å². The summed E-state index contributed by atoms with van der Waals surface area (Å²) in [5.74, 6) is 0.674. The maximum absolute atomic E-state index is 14.0. The molecule has 5 heteroatoms. The molecular weight excluding hydrogens is 333 g/mol. The van der Waals surface area contributed by atoms with Crippen LogP contribution in [0.5, 0.6) is 5.75 Å². The van der Waals surface area contributed by atoms with Gasteiger partial charge in [0.2, 0.25) is 5.91 Å². The molecule has 0 spiro atoms. The van der Waals surface area contributed by atoms with Gasteiger partial charge in [0.1, 0.15) is 17.7 Å². The van der Waals surface area contributed by atoms with Gasteiger partial charge < -0.3 is 14.4 Å². The molecule has 0 N–H and O–H groups in total. The van der Waals surface area contributed by atoms with Crippen LogP contribution in [0, 0.1) is 5.82 Å². The molecule has 1 amide bonds. The molecule has 2 aromatic carbocycles. The lowest BCUT2D eigenvalue weighted by atomic mass is 9.96. The second kappa shape index (κ2) is 8.32. The molecule has 0 aromatic heterocycles. The Hall–Kier alpha value is -2.40. The fourth-order valence-electron chi connectivity index (χ4n) is 3.24. The number of nitrogens with zero attached hydrogens (tertiary/aromatic N) is 1. The molecule has 1 fully saturated rings. The van der Waals surface area contributed by atoms with Crippen molar-refractivity contribution >= 4 is 5.91 Å². The van der Waals surface area contributed by atoms with Gasteiger partial charge in [0.15, 0.2) is 0 Å². The molecule has 138 valence electrons. The van der Waals surface area contributed by atoms with Gasteiger partial charge >= 0.3 is 0 Å². The van der Waals surface area contributed by atoms with Gasteiger partial charge in [0.25, 0.3) is 0 Å².